The van der Waals surface area contributed by atoms with E-state index in [1.165, 1.54) is 6.07 Å². The van der Waals surface area contributed by atoms with Gasteiger partial charge in [-0.15, -0.1) is 0 Å². The standard InChI is InChI=1S/C17H17F2N5O3/c18-17(19,9-25)27-13-3-2-12(24-5-1-4-20-24)15-14(13)22-16(26-15)23-7-10-6-11(8-23)21-10/h1-5,10-11,21,25H,6-9H2. The average molecular weight is 377 g/mol. The average Bonchev–Trinajstić information content (AvgIpc) is 3.31. The molecule has 2 bridgehead atoms. The van der Waals surface area contributed by atoms with Crippen molar-refractivity contribution in [3.63, 3.8) is 0 Å². The van der Waals surface area contributed by atoms with Gasteiger partial charge in [-0.05, 0) is 24.6 Å². The number of aromatic nitrogens is 3. The molecule has 6 rings (SSSR count). The van der Waals surface area contributed by atoms with E-state index in [0.29, 0.717) is 29.4 Å². The summed E-state index contributed by atoms with van der Waals surface area (Å²) in [4.78, 5) is 6.43. The lowest BCUT2D eigenvalue weighted by Crippen LogP contribution is -2.67. The lowest BCUT2D eigenvalue weighted by Gasteiger charge is -2.47. The van der Waals surface area contributed by atoms with Crippen LogP contribution in [-0.4, -0.2) is 57.8 Å². The van der Waals surface area contributed by atoms with Crippen LogP contribution in [0, 0.1) is 0 Å². The van der Waals surface area contributed by atoms with Crippen molar-refractivity contribution in [3.8, 4) is 11.4 Å². The van der Waals surface area contributed by atoms with Crippen molar-refractivity contribution in [2.75, 3.05) is 24.6 Å². The first-order valence-electron chi connectivity index (χ1n) is 8.65. The van der Waals surface area contributed by atoms with Gasteiger partial charge in [-0.3, -0.25) is 0 Å². The summed E-state index contributed by atoms with van der Waals surface area (Å²) in [7, 11) is 0. The third-order valence-electron chi connectivity index (χ3n) is 4.86. The van der Waals surface area contributed by atoms with Gasteiger partial charge in [0.2, 0.25) is 0 Å². The molecule has 10 heteroatoms. The van der Waals surface area contributed by atoms with E-state index in [1.54, 1.807) is 29.2 Å². The second-order valence-electron chi connectivity index (χ2n) is 6.81. The van der Waals surface area contributed by atoms with Gasteiger partial charge in [-0.25, -0.2) is 4.68 Å². The van der Waals surface area contributed by atoms with E-state index < -0.39 is 12.7 Å². The van der Waals surface area contributed by atoms with Crippen molar-refractivity contribution in [2.24, 2.45) is 0 Å². The summed E-state index contributed by atoms with van der Waals surface area (Å²) in [6.45, 7) is 0.0497. The topological polar surface area (TPSA) is 88.6 Å². The Labute approximate surface area is 152 Å². The highest BCUT2D eigenvalue weighted by Crippen LogP contribution is 2.37. The number of rotatable bonds is 5. The summed E-state index contributed by atoms with van der Waals surface area (Å²) in [5.41, 5.74) is 1.03. The minimum absolute atomic E-state index is 0.157. The molecule has 0 saturated carbocycles. The van der Waals surface area contributed by atoms with E-state index in [1.807, 2.05) is 4.90 Å². The minimum Gasteiger partial charge on any atom is -0.428 e. The number of nitrogens with one attached hydrogen (secondary N) is 1. The van der Waals surface area contributed by atoms with Gasteiger partial charge in [-0.2, -0.15) is 18.9 Å². The van der Waals surface area contributed by atoms with Gasteiger partial charge in [0.15, 0.2) is 16.8 Å². The Kier molecular flexibility index (Phi) is 3.59. The molecule has 142 valence electrons. The number of aliphatic hydroxyl groups is 1. The highest BCUT2D eigenvalue weighted by molar-refractivity contribution is 5.88. The fourth-order valence-electron chi connectivity index (χ4n) is 3.63. The first-order valence-corrected chi connectivity index (χ1v) is 8.65. The number of fused-ring (bicyclic) bond motifs is 3. The fourth-order valence-corrected chi connectivity index (χ4v) is 3.63. The number of hydrogen-bond donors (Lipinski definition) is 2. The molecule has 3 aliphatic rings. The number of oxazole rings is 1. The highest BCUT2D eigenvalue weighted by atomic mass is 19.3. The molecular formula is C17H17F2N5O3. The predicted octanol–water partition coefficient (Wildman–Crippen LogP) is 1.53. The molecule has 3 fully saturated rings. The van der Waals surface area contributed by atoms with Crippen molar-refractivity contribution in [2.45, 2.75) is 24.6 Å². The summed E-state index contributed by atoms with van der Waals surface area (Å²) in [5.74, 6) is -0.157. The SMILES string of the molecule is OCC(F)(F)Oc1ccc(-n2cccn2)c2oc(N3CC4CC(C3)N4)nc12. The number of ether oxygens (including phenoxy) is 1. The van der Waals surface area contributed by atoms with E-state index in [-0.39, 0.29) is 11.3 Å². The molecule has 0 spiro atoms. The van der Waals surface area contributed by atoms with Crippen LogP contribution in [0.1, 0.15) is 6.42 Å². The van der Waals surface area contributed by atoms with Crippen LogP contribution in [0.2, 0.25) is 0 Å². The van der Waals surface area contributed by atoms with E-state index in [2.05, 4.69) is 15.4 Å². The van der Waals surface area contributed by atoms with Crippen LogP contribution in [0.5, 0.6) is 5.75 Å². The van der Waals surface area contributed by atoms with Crippen LogP contribution in [-0.2, 0) is 0 Å². The van der Waals surface area contributed by atoms with Crippen LogP contribution in [0.25, 0.3) is 16.8 Å². The Morgan fingerprint density at radius 2 is 2.11 bits per heavy atom. The quantitative estimate of drug-likeness (QED) is 0.697. The second-order valence-corrected chi connectivity index (χ2v) is 6.81. The van der Waals surface area contributed by atoms with Crippen LogP contribution in [0.3, 0.4) is 0 Å². The van der Waals surface area contributed by atoms with Crippen molar-refractivity contribution in [3.05, 3.63) is 30.6 Å². The van der Waals surface area contributed by atoms with E-state index >= 15 is 0 Å². The third kappa shape index (κ3) is 2.81. The summed E-state index contributed by atoms with van der Waals surface area (Å²) >= 11 is 0. The smallest absolute Gasteiger partial charge is 0.421 e. The fraction of sp³-hybridized carbons (Fsp3) is 0.412. The summed E-state index contributed by atoms with van der Waals surface area (Å²) in [5, 5.41) is 16.4. The number of hydrogen-bond acceptors (Lipinski definition) is 7. The number of piperazine rings is 1. The molecule has 3 saturated heterocycles. The Balaban J connectivity index is 1.60. The number of anilines is 1. The Hall–Kier alpha value is -2.72. The Morgan fingerprint density at radius 3 is 2.78 bits per heavy atom. The summed E-state index contributed by atoms with van der Waals surface area (Å²) in [6.07, 6.45) is 0.735. The Morgan fingerprint density at radius 1 is 1.33 bits per heavy atom. The molecule has 2 aromatic heterocycles. The predicted molar refractivity (Wildman–Crippen MR) is 91.3 cm³/mol. The molecule has 8 nitrogen and oxygen atoms in total. The molecule has 2 atom stereocenters. The van der Waals surface area contributed by atoms with Crippen LogP contribution in [0.15, 0.2) is 35.0 Å². The van der Waals surface area contributed by atoms with Gasteiger partial charge < -0.3 is 24.5 Å². The molecule has 27 heavy (non-hydrogen) atoms. The molecule has 0 amide bonds. The molecule has 3 aliphatic heterocycles. The molecule has 0 radical (unpaired) electrons. The number of alkyl halides is 2. The number of halogens is 2. The van der Waals surface area contributed by atoms with Crippen LogP contribution < -0.4 is 15.0 Å². The van der Waals surface area contributed by atoms with Crippen molar-refractivity contribution < 1.29 is 23.0 Å². The van der Waals surface area contributed by atoms with E-state index in [0.717, 1.165) is 19.5 Å². The molecule has 3 aromatic rings. The van der Waals surface area contributed by atoms with Gasteiger partial charge >= 0.3 is 6.11 Å². The lowest BCUT2D eigenvalue weighted by atomic mass is 9.92. The molecular weight excluding hydrogens is 360 g/mol. The molecule has 1 aromatic carbocycles. The second kappa shape index (κ2) is 5.89. The van der Waals surface area contributed by atoms with E-state index in [9.17, 15) is 8.78 Å². The summed E-state index contributed by atoms with van der Waals surface area (Å²) in [6, 6.07) is 5.83. The van der Waals surface area contributed by atoms with Crippen LogP contribution >= 0.6 is 0 Å². The molecule has 5 heterocycles. The zero-order chi connectivity index (χ0) is 18.6. The van der Waals surface area contributed by atoms with Crippen molar-refractivity contribution >= 4 is 17.1 Å². The van der Waals surface area contributed by atoms with Gasteiger partial charge in [0.1, 0.15) is 12.3 Å². The molecule has 2 N–H and O–H groups in total. The van der Waals surface area contributed by atoms with Gasteiger partial charge in [0.25, 0.3) is 6.01 Å². The number of piperidine rings is 1. The monoisotopic (exact) mass is 377 g/mol. The Bertz CT molecular complexity index is 959. The van der Waals surface area contributed by atoms with Gasteiger partial charge in [-0.1, -0.05) is 0 Å². The number of benzene rings is 1. The largest absolute Gasteiger partial charge is 0.428 e. The molecule has 0 aliphatic carbocycles. The lowest BCUT2D eigenvalue weighted by molar-refractivity contribution is -0.200. The zero-order valence-corrected chi connectivity index (χ0v) is 14.2. The van der Waals surface area contributed by atoms with Gasteiger partial charge in [0, 0.05) is 37.6 Å². The van der Waals surface area contributed by atoms with Gasteiger partial charge in [0.05, 0.1) is 0 Å². The maximum absolute atomic E-state index is 13.6. The molecule has 2 unspecified atom stereocenters. The van der Waals surface area contributed by atoms with E-state index in [4.69, 9.17) is 14.3 Å². The number of aliphatic hydroxyl groups excluding tert-OH is 1. The maximum Gasteiger partial charge on any atom is 0.421 e. The minimum atomic E-state index is -3.71. The number of nitrogens with zero attached hydrogens (tertiary/aromatic N) is 4. The maximum atomic E-state index is 13.6. The third-order valence-corrected chi connectivity index (χ3v) is 4.86. The first kappa shape index (κ1) is 16.5. The van der Waals surface area contributed by atoms with Crippen LogP contribution in [0.4, 0.5) is 14.8 Å². The first-order chi connectivity index (χ1) is 13.0. The van der Waals surface area contributed by atoms with Crippen molar-refractivity contribution in [1.29, 1.82) is 0 Å². The normalized spacial score (nSPS) is 22.1. The summed E-state index contributed by atoms with van der Waals surface area (Å²) < 4.78 is 39.4. The van der Waals surface area contributed by atoms with Crippen molar-refractivity contribution in [1.82, 2.24) is 20.1 Å². The highest BCUT2D eigenvalue weighted by Gasteiger charge is 2.38. The zero-order valence-electron chi connectivity index (χ0n) is 14.2.